The third-order valence-corrected chi connectivity index (χ3v) is 3.27. The molecule has 0 saturated carbocycles. The summed E-state index contributed by atoms with van der Waals surface area (Å²) in [5.74, 6) is 0.0398. The van der Waals surface area contributed by atoms with Gasteiger partial charge in [-0.2, -0.15) is 0 Å². The second-order valence-electron chi connectivity index (χ2n) is 4.63. The van der Waals surface area contributed by atoms with E-state index < -0.39 is 0 Å². The van der Waals surface area contributed by atoms with Crippen molar-refractivity contribution >= 4 is 11.7 Å². The lowest BCUT2D eigenvalue weighted by Crippen LogP contribution is -2.36. The molecule has 1 aromatic heterocycles. The molecule has 1 saturated heterocycles. The van der Waals surface area contributed by atoms with E-state index >= 15 is 0 Å². The Labute approximate surface area is 101 Å². The highest BCUT2D eigenvalue weighted by Crippen LogP contribution is 2.15. The van der Waals surface area contributed by atoms with E-state index in [2.05, 4.69) is 0 Å². The van der Waals surface area contributed by atoms with Crippen molar-refractivity contribution in [1.82, 2.24) is 9.47 Å². The molecule has 2 rings (SSSR count). The van der Waals surface area contributed by atoms with Crippen molar-refractivity contribution in [3.05, 3.63) is 23.5 Å². The molecule has 0 unspecified atom stereocenters. The number of aromatic nitrogens is 1. The van der Waals surface area contributed by atoms with Crippen LogP contribution in [-0.4, -0.2) is 34.2 Å². The van der Waals surface area contributed by atoms with Crippen molar-refractivity contribution in [2.75, 3.05) is 13.1 Å². The van der Waals surface area contributed by atoms with E-state index in [1.807, 2.05) is 11.9 Å². The fourth-order valence-electron chi connectivity index (χ4n) is 2.23. The average molecular weight is 234 g/mol. The van der Waals surface area contributed by atoms with E-state index in [-0.39, 0.29) is 11.7 Å². The van der Waals surface area contributed by atoms with Crippen molar-refractivity contribution in [3.8, 4) is 0 Å². The Morgan fingerprint density at radius 1 is 1.18 bits per heavy atom. The lowest BCUT2D eigenvalue weighted by Gasteiger charge is -2.26. The number of nitrogens with zero attached hydrogens (tertiary/aromatic N) is 2. The second kappa shape index (κ2) is 4.73. The van der Waals surface area contributed by atoms with Gasteiger partial charge in [-0.15, -0.1) is 0 Å². The number of piperidine rings is 1. The summed E-state index contributed by atoms with van der Waals surface area (Å²) in [6.45, 7) is 3.18. The molecular formula is C13H18N2O2. The van der Waals surface area contributed by atoms with Crippen LogP contribution >= 0.6 is 0 Å². The number of amides is 1. The number of ketones is 1. The van der Waals surface area contributed by atoms with Gasteiger partial charge in [0.15, 0.2) is 5.78 Å². The zero-order valence-electron chi connectivity index (χ0n) is 10.4. The van der Waals surface area contributed by atoms with Gasteiger partial charge in [0.2, 0.25) is 0 Å². The number of aryl methyl sites for hydroxylation is 1. The zero-order chi connectivity index (χ0) is 12.4. The highest BCUT2D eigenvalue weighted by Gasteiger charge is 2.21. The van der Waals surface area contributed by atoms with Gasteiger partial charge in [-0.3, -0.25) is 9.59 Å². The van der Waals surface area contributed by atoms with Crippen molar-refractivity contribution in [1.29, 1.82) is 0 Å². The molecule has 0 aromatic carbocycles. The van der Waals surface area contributed by atoms with Crippen LogP contribution in [0.4, 0.5) is 0 Å². The minimum atomic E-state index is -0.00158. The van der Waals surface area contributed by atoms with E-state index in [0.717, 1.165) is 25.9 Å². The minimum absolute atomic E-state index is 0.00158. The lowest BCUT2D eigenvalue weighted by molar-refractivity contribution is 0.0714. The third kappa shape index (κ3) is 2.40. The summed E-state index contributed by atoms with van der Waals surface area (Å²) in [6, 6.07) is 1.69. The van der Waals surface area contributed by atoms with E-state index in [1.165, 1.54) is 13.3 Å². The Morgan fingerprint density at radius 3 is 2.35 bits per heavy atom. The molecule has 0 bridgehead atoms. The Bertz CT molecular complexity index is 442. The number of carbonyl (C=O) groups excluding carboxylic acids is 2. The Hall–Kier alpha value is -1.58. The van der Waals surface area contributed by atoms with E-state index in [9.17, 15) is 9.59 Å². The molecule has 0 spiro atoms. The number of rotatable bonds is 2. The van der Waals surface area contributed by atoms with Gasteiger partial charge in [0.25, 0.3) is 5.91 Å². The number of likely N-dealkylation sites (tertiary alicyclic amines) is 1. The van der Waals surface area contributed by atoms with Crippen LogP contribution in [0.1, 0.15) is 47.0 Å². The normalized spacial score (nSPS) is 16.0. The maximum absolute atomic E-state index is 12.3. The summed E-state index contributed by atoms with van der Waals surface area (Å²) in [7, 11) is 1.81. The first-order chi connectivity index (χ1) is 8.09. The molecule has 17 heavy (non-hydrogen) atoms. The summed E-state index contributed by atoms with van der Waals surface area (Å²) < 4.78 is 1.74. The highest BCUT2D eigenvalue weighted by molar-refractivity contribution is 5.99. The standard InChI is InChI=1S/C13H18N2O2/c1-10(16)11-8-12(14(2)9-11)13(17)15-6-4-3-5-7-15/h8-9H,3-7H2,1-2H3. The summed E-state index contributed by atoms with van der Waals surface area (Å²) >= 11 is 0. The van der Waals surface area contributed by atoms with Gasteiger partial charge in [-0.05, 0) is 32.3 Å². The molecule has 0 aliphatic carbocycles. The molecular weight excluding hydrogens is 216 g/mol. The molecule has 4 nitrogen and oxygen atoms in total. The Morgan fingerprint density at radius 2 is 1.82 bits per heavy atom. The first kappa shape index (κ1) is 11.9. The lowest BCUT2D eigenvalue weighted by atomic mass is 10.1. The fraction of sp³-hybridized carbons (Fsp3) is 0.538. The summed E-state index contributed by atoms with van der Waals surface area (Å²) in [5.41, 5.74) is 1.21. The summed E-state index contributed by atoms with van der Waals surface area (Å²) in [5, 5.41) is 0. The predicted molar refractivity (Wildman–Crippen MR) is 65.2 cm³/mol. The van der Waals surface area contributed by atoms with Gasteiger partial charge in [-0.1, -0.05) is 0 Å². The van der Waals surface area contributed by atoms with Gasteiger partial charge < -0.3 is 9.47 Å². The zero-order valence-corrected chi connectivity index (χ0v) is 10.4. The molecule has 92 valence electrons. The molecule has 1 aromatic rings. The van der Waals surface area contributed by atoms with Crippen molar-refractivity contribution < 1.29 is 9.59 Å². The van der Waals surface area contributed by atoms with E-state index in [1.54, 1.807) is 16.8 Å². The monoisotopic (exact) mass is 234 g/mol. The molecule has 1 aliphatic heterocycles. The maximum atomic E-state index is 12.3. The average Bonchev–Trinajstić information content (AvgIpc) is 2.72. The van der Waals surface area contributed by atoms with Gasteiger partial charge >= 0.3 is 0 Å². The van der Waals surface area contributed by atoms with Crippen LogP contribution in [0.25, 0.3) is 0 Å². The van der Waals surface area contributed by atoms with Crippen molar-refractivity contribution in [2.45, 2.75) is 26.2 Å². The first-order valence-corrected chi connectivity index (χ1v) is 6.06. The van der Waals surface area contributed by atoms with Gasteiger partial charge in [0, 0.05) is 31.9 Å². The van der Waals surface area contributed by atoms with Crippen LogP contribution in [-0.2, 0) is 7.05 Å². The van der Waals surface area contributed by atoms with Crippen LogP contribution in [0, 0.1) is 0 Å². The molecule has 2 heterocycles. The van der Waals surface area contributed by atoms with Gasteiger partial charge in [0.05, 0.1) is 0 Å². The molecule has 1 amide bonds. The molecule has 4 heteroatoms. The van der Waals surface area contributed by atoms with E-state index in [0.29, 0.717) is 11.3 Å². The van der Waals surface area contributed by atoms with Crippen molar-refractivity contribution in [3.63, 3.8) is 0 Å². The predicted octanol–water partition coefficient (Wildman–Crippen LogP) is 1.85. The van der Waals surface area contributed by atoms with Crippen LogP contribution < -0.4 is 0 Å². The smallest absolute Gasteiger partial charge is 0.270 e. The van der Waals surface area contributed by atoms with Crippen LogP contribution in [0.2, 0.25) is 0 Å². The second-order valence-corrected chi connectivity index (χ2v) is 4.63. The number of Topliss-reactive ketones (excluding diaryl/α,β-unsaturated/α-hetero) is 1. The molecule has 1 aliphatic rings. The SMILES string of the molecule is CC(=O)c1cc(C(=O)N2CCCCC2)n(C)c1. The summed E-state index contributed by atoms with van der Waals surface area (Å²) in [6.07, 6.45) is 5.08. The number of hydrogen-bond donors (Lipinski definition) is 0. The van der Waals surface area contributed by atoms with Crippen LogP contribution in [0.5, 0.6) is 0 Å². The molecule has 0 atom stereocenters. The first-order valence-electron chi connectivity index (χ1n) is 6.06. The Kier molecular flexibility index (Phi) is 3.31. The van der Waals surface area contributed by atoms with Crippen LogP contribution in [0.3, 0.4) is 0 Å². The molecule has 0 N–H and O–H groups in total. The topological polar surface area (TPSA) is 42.3 Å². The van der Waals surface area contributed by atoms with Crippen molar-refractivity contribution in [2.24, 2.45) is 7.05 Å². The highest BCUT2D eigenvalue weighted by atomic mass is 16.2. The summed E-state index contributed by atoms with van der Waals surface area (Å²) in [4.78, 5) is 25.4. The minimum Gasteiger partial charge on any atom is -0.346 e. The largest absolute Gasteiger partial charge is 0.346 e. The number of hydrogen-bond acceptors (Lipinski definition) is 2. The maximum Gasteiger partial charge on any atom is 0.270 e. The quantitative estimate of drug-likeness (QED) is 0.733. The van der Waals surface area contributed by atoms with Gasteiger partial charge in [0.1, 0.15) is 5.69 Å². The van der Waals surface area contributed by atoms with Gasteiger partial charge in [-0.25, -0.2) is 0 Å². The fourth-order valence-corrected chi connectivity index (χ4v) is 2.23. The van der Waals surface area contributed by atoms with E-state index in [4.69, 9.17) is 0 Å². The number of carbonyl (C=O) groups is 2. The molecule has 1 fully saturated rings. The Balaban J connectivity index is 2.20. The molecule has 0 radical (unpaired) electrons. The van der Waals surface area contributed by atoms with Crippen LogP contribution in [0.15, 0.2) is 12.3 Å². The third-order valence-electron chi connectivity index (χ3n) is 3.27.